The van der Waals surface area contributed by atoms with Crippen molar-refractivity contribution in [1.82, 2.24) is 4.98 Å². The first-order valence-corrected chi connectivity index (χ1v) is 5.09. The van der Waals surface area contributed by atoms with E-state index in [2.05, 4.69) is 10.3 Å². The Bertz CT molecular complexity index is 581. The molecule has 2 rings (SSSR count). The maximum Gasteiger partial charge on any atom is 0.263 e. The van der Waals surface area contributed by atoms with Crippen LogP contribution in [0.1, 0.15) is 10.4 Å². The average molecular weight is 247 g/mol. The van der Waals surface area contributed by atoms with Gasteiger partial charge < -0.3 is 16.2 Å². The number of carbonyl (C=O) groups is 1. The number of nitrogen functional groups attached to an aromatic ring is 1. The Morgan fingerprint density at radius 1 is 1.33 bits per heavy atom. The van der Waals surface area contributed by atoms with E-state index in [1.165, 1.54) is 18.3 Å². The van der Waals surface area contributed by atoms with Gasteiger partial charge in [-0.15, -0.1) is 0 Å². The normalized spacial score (nSPS) is 10.1. The number of nitrogens with two attached hydrogens (primary N) is 1. The van der Waals surface area contributed by atoms with Crippen LogP contribution in [0.4, 0.5) is 15.9 Å². The highest BCUT2D eigenvalue weighted by Crippen LogP contribution is 2.22. The standard InChI is InChI=1S/C12H10FN3O2/c13-7-3-1-5-9(17)10(7)12(18)16-11-8(14)4-2-6-15-11/h1-6,17H,14H2,(H,15,16,18). The van der Waals surface area contributed by atoms with Crippen LogP contribution in [-0.4, -0.2) is 16.0 Å². The summed E-state index contributed by atoms with van der Waals surface area (Å²) in [7, 11) is 0. The van der Waals surface area contributed by atoms with E-state index in [1.807, 2.05) is 0 Å². The number of pyridine rings is 1. The van der Waals surface area contributed by atoms with Gasteiger partial charge >= 0.3 is 0 Å². The lowest BCUT2D eigenvalue weighted by atomic mass is 10.1. The second-order valence-electron chi connectivity index (χ2n) is 3.53. The van der Waals surface area contributed by atoms with Gasteiger partial charge in [-0.3, -0.25) is 4.79 Å². The minimum absolute atomic E-state index is 0.116. The molecule has 2 aromatic rings. The minimum atomic E-state index is -0.818. The Morgan fingerprint density at radius 2 is 2.11 bits per heavy atom. The number of aromatic hydroxyl groups is 1. The van der Waals surface area contributed by atoms with Crippen molar-refractivity contribution in [3.63, 3.8) is 0 Å². The fraction of sp³-hybridized carbons (Fsp3) is 0. The molecule has 0 atom stereocenters. The van der Waals surface area contributed by atoms with Gasteiger partial charge in [0.25, 0.3) is 5.91 Å². The van der Waals surface area contributed by atoms with Gasteiger partial charge in [0, 0.05) is 6.20 Å². The Kier molecular flexibility index (Phi) is 3.09. The first kappa shape index (κ1) is 11.8. The second kappa shape index (κ2) is 4.70. The number of phenolic OH excluding ortho intramolecular Hbond substituents is 1. The molecule has 0 spiro atoms. The van der Waals surface area contributed by atoms with Crippen molar-refractivity contribution in [3.05, 3.63) is 47.9 Å². The lowest BCUT2D eigenvalue weighted by Gasteiger charge is -2.08. The van der Waals surface area contributed by atoms with Crippen molar-refractivity contribution in [2.75, 3.05) is 11.1 Å². The summed E-state index contributed by atoms with van der Waals surface area (Å²) in [4.78, 5) is 15.6. The number of carbonyl (C=O) groups excluding carboxylic acids is 1. The fourth-order valence-electron chi connectivity index (χ4n) is 1.43. The highest BCUT2D eigenvalue weighted by atomic mass is 19.1. The molecule has 18 heavy (non-hydrogen) atoms. The molecule has 0 saturated heterocycles. The third kappa shape index (κ3) is 2.22. The number of nitrogens with one attached hydrogen (secondary N) is 1. The molecular formula is C12H10FN3O2. The number of amides is 1. The lowest BCUT2D eigenvalue weighted by molar-refractivity contribution is 0.102. The zero-order chi connectivity index (χ0) is 13.1. The van der Waals surface area contributed by atoms with Crippen molar-refractivity contribution in [2.45, 2.75) is 0 Å². The summed E-state index contributed by atoms with van der Waals surface area (Å²) in [6.07, 6.45) is 1.44. The molecule has 0 aliphatic rings. The summed E-state index contributed by atoms with van der Waals surface area (Å²) in [5.74, 6) is -1.95. The first-order valence-electron chi connectivity index (χ1n) is 5.09. The number of aromatic nitrogens is 1. The summed E-state index contributed by atoms with van der Waals surface area (Å²) < 4.78 is 13.4. The van der Waals surface area contributed by atoms with Crippen LogP contribution < -0.4 is 11.1 Å². The SMILES string of the molecule is Nc1cccnc1NC(=O)c1c(O)cccc1F. The van der Waals surface area contributed by atoms with Crippen LogP contribution in [0.3, 0.4) is 0 Å². The van der Waals surface area contributed by atoms with Gasteiger partial charge in [0.1, 0.15) is 17.1 Å². The zero-order valence-electron chi connectivity index (χ0n) is 9.22. The molecule has 0 saturated carbocycles. The Labute approximate surface area is 102 Å². The topological polar surface area (TPSA) is 88.2 Å². The number of hydrogen-bond acceptors (Lipinski definition) is 4. The molecule has 1 heterocycles. The summed E-state index contributed by atoms with van der Waals surface area (Å²) in [6, 6.07) is 6.75. The number of phenols is 1. The number of hydrogen-bond donors (Lipinski definition) is 3. The molecule has 0 fully saturated rings. The number of rotatable bonds is 2. The Balaban J connectivity index is 2.31. The molecule has 0 bridgehead atoms. The maximum absolute atomic E-state index is 13.4. The molecule has 0 aliphatic heterocycles. The molecule has 5 nitrogen and oxygen atoms in total. The molecular weight excluding hydrogens is 237 g/mol. The molecule has 0 aliphatic carbocycles. The van der Waals surface area contributed by atoms with E-state index in [1.54, 1.807) is 12.1 Å². The Morgan fingerprint density at radius 3 is 2.78 bits per heavy atom. The third-order valence-electron chi connectivity index (χ3n) is 2.29. The third-order valence-corrected chi connectivity index (χ3v) is 2.29. The van der Waals surface area contributed by atoms with Crippen molar-refractivity contribution >= 4 is 17.4 Å². The smallest absolute Gasteiger partial charge is 0.263 e. The molecule has 4 N–H and O–H groups in total. The van der Waals surface area contributed by atoms with E-state index in [-0.39, 0.29) is 11.5 Å². The van der Waals surface area contributed by atoms with Gasteiger partial charge in [-0.1, -0.05) is 6.07 Å². The number of halogens is 1. The predicted octanol–water partition coefficient (Wildman–Crippen LogP) is 1.76. The number of anilines is 2. The van der Waals surface area contributed by atoms with Crippen LogP contribution in [0.15, 0.2) is 36.5 Å². The molecule has 0 radical (unpaired) electrons. The van der Waals surface area contributed by atoms with E-state index in [0.717, 1.165) is 6.07 Å². The van der Waals surface area contributed by atoms with Gasteiger partial charge in [-0.05, 0) is 24.3 Å². The van der Waals surface area contributed by atoms with Gasteiger partial charge in [0.15, 0.2) is 5.82 Å². The van der Waals surface area contributed by atoms with Crippen molar-refractivity contribution in [3.8, 4) is 5.75 Å². The molecule has 1 aromatic heterocycles. The fourth-order valence-corrected chi connectivity index (χ4v) is 1.43. The van der Waals surface area contributed by atoms with Gasteiger partial charge in [-0.2, -0.15) is 0 Å². The predicted molar refractivity (Wildman–Crippen MR) is 64.7 cm³/mol. The van der Waals surface area contributed by atoms with Crippen LogP contribution in [0, 0.1) is 5.82 Å². The largest absolute Gasteiger partial charge is 0.507 e. The zero-order valence-corrected chi connectivity index (χ0v) is 9.22. The van der Waals surface area contributed by atoms with Crippen molar-refractivity contribution in [2.24, 2.45) is 0 Å². The quantitative estimate of drug-likeness (QED) is 0.754. The average Bonchev–Trinajstić information content (AvgIpc) is 2.32. The van der Waals surface area contributed by atoms with Crippen LogP contribution in [-0.2, 0) is 0 Å². The monoisotopic (exact) mass is 247 g/mol. The maximum atomic E-state index is 13.4. The van der Waals surface area contributed by atoms with Crippen molar-refractivity contribution < 1.29 is 14.3 Å². The summed E-state index contributed by atoms with van der Waals surface area (Å²) >= 11 is 0. The van der Waals surface area contributed by atoms with E-state index < -0.39 is 23.0 Å². The van der Waals surface area contributed by atoms with E-state index in [9.17, 15) is 14.3 Å². The summed E-state index contributed by atoms with van der Waals surface area (Å²) in [5.41, 5.74) is 5.40. The minimum Gasteiger partial charge on any atom is -0.507 e. The van der Waals surface area contributed by atoms with Crippen LogP contribution in [0.2, 0.25) is 0 Å². The lowest BCUT2D eigenvalue weighted by Crippen LogP contribution is -2.16. The highest BCUT2D eigenvalue weighted by Gasteiger charge is 2.17. The summed E-state index contributed by atoms with van der Waals surface area (Å²) in [5, 5.41) is 11.8. The van der Waals surface area contributed by atoms with Crippen LogP contribution in [0.25, 0.3) is 0 Å². The first-order chi connectivity index (χ1) is 8.59. The van der Waals surface area contributed by atoms with Gasteiger partial charge in [0.2, 0.25) is 0 Å². The van der Waals surface area contributed by atoms with E-state index in [0.29, 0.717) is 0 Å². The molecule has 1 aromatic carbocycles. The molecule has 92 valence electrons. The second-order valence-corrected chi connectivity index (χ2v) is 3.53. The summed E-state index contributed by atoms with van der Waals surface area (Å²) in [6.45, 7) is 0. The van der Waals surface area contributed by atoms with Gasteiger partial charge in [0.05, 0.1) is 5.69 Å². The van der Waals surface area contributed by atoms with Crippen molar-refractivity contribution in [1.29, 1.82) is 0 Å². The van der Waals surface area contributed by atoms with Gasteiger partial charge in [-0.25, -0.2) is 9.37 Å². The number of benzene rings is 1. The molecule has 1 amide bonds. The van der Waals surface area contributed by atoms with E-state index >= 15 is 0 Å². The van der Waals surface area contributed by atoms with Crippen LogP contribution >= 0.6 is 0 Å². The Hall–Kier alpha value is -2.63. The number of nitrogens with zero attached hydrogens (tertiary/aromatic N) is 1. The van der Waals surface area contributed by atoms with E-state index in [4.69, 9.17) is 5.73 Å². The molecule has 6 heteroatoms. The van der Waals surface area contributed by atoms with Crippen LogP contribution in [0.5, 0.6) is 5.75 Å². The highest BCUT2D eigenvalue weighted by molar-refractivity contribution is 6.06. The molecule has 0 unspecified atom stereocenters.